The van der Waals surface area contributed by atoms with E-state index < -0.39 is 15.4 Å². The van der Waals surface area contributed by atoms with E-state index in [9.17, 15) is 13.5 Å². The second-order valence-corrected chi connectivity index (χ2v) is 7.76. The van der Waals surface area contributed by atoms with Crippen LogP contribution in [0.5, 0.6) is 0 Å². The Morgan fingerprint density at radius 2 is 2.14 bits per heavy atom. The Bertz CT molecular complexity index is 612. The van der Waals surface area contributed by atoms with Crippen molar-refractivity contribution in [3.05, 3.63) is 42.5 Å². The predicted molar refractivity (Wildman–Crippen MR) is 83.5 cm³/mol. The fourth-order valence-electron chi connectivity index (χ4n) is 3.02. The molecule has 116 valence electrons. The standard InChI is InChI=1S/C16H23NO3S/c1-3-9-16(13-18)10-6-11-17(12-16)21(19,20)15-8-5-4-7-14(15)2/h3-5,7-8,18H,1,6,9-13H2,2H3/t16-/m0/s1. The molecule has 0 radical (unpaired) electrons. The van der Waals surface area contributed by atoms with Crippen LogP contribution in [0, 0.1) is 12.3 Å². The van der Waals surface area contributed by atoms with Gasteiger partial charge < -0.3 is 5.11 Å². The number of nitrogens with zero attached hydrogens (tertiary/aromatic N) is 1. The molecule has 1 aromatic carbocycles. The van der Waals surface area contributed by atoms with E-state index in [1.807, 2.05) is 6.07 Å². The Kier molecular flexibility index (Phi) is 4.86. The molecule has 5 heteroatoms. The summed E-state index contributed by atoms with van der Waals surface area (Å²) in [7, 11) is -3.50. The topological polar surface area (TPSA) is 57.6 Å². The minimum atomic E-state index is -3.50. The molecule has 2 rings (SSSR count). The summed E-state index contributed by atoms with van der Waals surface area (Å²) < 4.78 is 27.2. The summed E-state index contributed by atoms with van der Waals surface area (Å²) in [6.45, 7) is 6.38. The Hall–Kier alpha value is -1.17. The molecule has 21 heavy (non-hydrogen) atoms. The molecule has 1 fully saturated rings. The van der Waals surface area contributed by atoms with Crippen molar-refractivity contribution in [2.24, 2.45) is 5.41 Å². The number of sulfonamides is 1. The first-order valence-electron chi connectivity index (χ1n) is 7.23. The first-order valence-corrected chi connectivity index (χ1v) is 8.67. The maximum absolute atomic E-state index is 12.8. The number of piperidine rings is 1. The third-order valence-electron chi connectivity index (χ3n) is 4.25. The maximum atomic E-state index is 12.8. The van der Waals surface area contributed by atoms with Gasteiger partial charge in [0.1, 0.15) is 0 Å². The average Bonchev–Trinajstić information content (AvgIpc) is 2.48. The lowest BCUT2D eigenvalue weighted by Gasteiger charge is -2.40. The van der Waals surface area contributed by atoms with E-state index in [2.05, 4.69) is 6.58 Å². The van der Waals surface area contributed by atoms with E-state index in [1.54, 1.807) is 31.2 Å². The molecule has 4 nitrogen and oxygen atoms in total. The van der Waals surface area contributed by atoms with Crippen molar-refractivity contribution < 1.29 is 13.5 Å². The SMILES string of the molecule is C=CC[C@]1(CO)CCCN(S(=O)(=O)c2ccccc2C)C1. The van der Waals surface area contributed by atoms with Gasteiger partial charge in [0, 0.05) is 18.5 Å². The first-order chi connectivity index (χ1) is 9.95. The molecule has 0 unspecified atom stereocenters. The molecule has 0 aromatic heterocycles. The van der Waals surface area contributed by atoms with Gasteiger partial charge in [-0.15, -0.1) is 6.58 Å². The molecular weight excluding hydrogens is 286 g/mol. The van der Waals surface area contributed by atoms with Crippen LogP contribution in [0.15, 0.2) is 41.8 Å². The normalized spacial score (nSPS) is 23.9. The third-order valence-corrected chi connectivity index (χ3v) is 6.26. The van der Waals surface area contributed by atoms with Gasteiger partial charge >= 0.3 is 0 Å². The van der Waals surface area contributed by atoms with Gasteiger partial charge in [-0.2, -0.15) is 4.31 Å². The monoisotopic (exact) mass is 309 g/mol. The highest BCUT2D eigenvalue weighted by Gasteiger charge is 2.39. The van der Waals surface area contributed by atoms with Gasteiger partial charge in [0.2, 0.25) is 10.0 Å². The maximum Gasteiger partial charge on any atom is 0.243 e. The first kappa shape index (κ1) is 16.2. The fourth-order valence-corrected chi connectivity index (χ4v) is 4.84. The van der Waals surface area contributed by atoms with Gasteiger partial charge in [0.15, 0.2) is 0 Å². The van der Waals surface area contributed by atoms with Crippen molar-refractivity contribution in [2.45, 2.75) is 31.1 Å². The van der Waals surface area contributed by atoms with E-state index in [0.717, 1.165) is 18.4 Å². The molecule has 0 aliphatic carbocycles. The van der Waals surface area contributed by atoms with Crippen LogP contribution in [0.4, 0.5) is 0 Å². The molecule has 1 N–H and O–H groups in total. The smallest absolute Gasteiger partial charge is 0.243 e. The summed E-state index contributed by atoms with van der Waals surface area (Å²) in [5, 5.41) is 9.71. The summed E-state index contributed by atoms with van der Waals surface area (Å²) in [6.07, 6.45) is 3.98. The number of aliphatic hydroxyl groups is 1. The van der Waals surface area contributed by atoms with E-state index in [-0.39, 0.29) is 6.61 Å². The third kappa shape index (κ3) is 3.20. The minimum Gasteiger partial charge on any atom is -0.396 e. The molecule has 0 bridgehead atoms. The van der Waals surface area contributed by atoms with E-state index in [1.165, 1.54) is 4.31 Å². The zero-order valence-corrected chi connectivity index (χ0v) is 13.3. The lowest BCUT2D eigenvalue weighted by Crippen LogP contribution is -2.47. The molecule has 1 atom stereocenters. The number of benzene rings is 1. The summed E-state index contributed by atoms with van der Waals surface area (Å²) in [6, 6.07) is 7.03. The van der Waals surface area contributed by atoms with Crippen LogP contribution in [-0.2, 0) is 10.0 Å². The van der Waals surface area contributed by atoms with Gasteiger partial charge in [-0.3, -0.25) is 0 Å². The van der Waals surface area contributed by atoms with Gasteiger partial charge in [0.05, 0.1) is 11.5 Å². The van der Waals surface area contributed by atoms with Crippen LogP contribution in [0.3, 0.4) is 0 Å². The highest BCUT2D eigenvalue weighted by molar-refractivity contribution is 7.89. The van der Waals surface area contributed by atoms with E-state index >= 15 is 0 Å². The zero-order valence-electron chi connectivity index (χ0n) is 12.5. The van der Waals surface area contributed by atoms with E-state index in [0.29, 0.717) is 24.4 Å². The molecular formula is C16H23NO3S. The summed E-state index contributed by atoms with van der Waals surface area (Å²) in [5.41, 5.74) is 0.358. The molecule has 0 spiro atoms. The Morgan fingerprint density at radius 3 is 2.76 bits per heavy atom. The number of rotatable bonds is 5. The quantitative estimate of drug-likeness (QED) is 0.849. The van der Waals surface area contributed by atoms with Crippen LogP contribution < -0.4 is 0 Å². The lowest BCUT2D eigenvalue weighted by molar-refractivity contribution is 0.0669. The van der Waals surface area contributed by atoms with Gasteiger partial charge in [0.25, 0.3) is 0 Å². The molecule has 1 heterocycles. The van der Waals surface area contributed by atoms with Crippen molar-refractivity contribution in [2.75, 3.05) is 19.7 Å². The largest absolute Gasteiger partial charge is 0.396 e. The number of aliphatic hydroxyl groups excluding tert-OH is 1. The number of aryl methyl sites for hydroxylation is 1. The number of hydrogen-bond donors (Lipinski definition) is 1. The van der Waals surface area contributed by atoms with Crippen LogP contribution in [0.1, 0.15) is 24.8 Å². The number of hydrogen-bond acceptors (Lipinski definition) is 3. The van der Waals surface area contributed by atoms with Crippen molar-refractivity contribution in [1.82, 2.24) is 4.31 Å². The van der Waals surface area contributed by atoms with Crippen LogP contribution in [0.2, 0.25) is 0 Å². The Labute approximate surface area is 127 Å². The second-order valence-electron chi connectivity index (χ2n) is 5.86. The molecule has 1 aliphatic heterocycles. The Balaban J connectivity index is 2.33. The average molecular weight is 309 g/mol. The van der Waals surface area contributed by atoms with Gasteiger partial charge in [-0.25, -0.2) is 8.42 Å². The number of allylic oxidation sites excluding steroid dienone is 1. The van der Waals surface area contributed by atoms with Gasteiger partial charge in [-0.05, 0) is 37.8 Å². The van der Waals surface area contributed by atoms with Crippen molar-refractivity contribution in [1.29, 1.82) is 0 Å². The highest BCUT2D eigenvalue weighted by atomic mass is 32.2. The highest BCUT2D eigenvalue weighted by Crippen LogP contribution is 2.36. The lowest BCUT2D eigenvalue weighted by atomic mass is 9.79. The predicted octanol–water partition coefficient (Wildman–Crippen LogP) is 2.33. The minimum absolute atomic E-state index is 0.0151. The second kappa shape index (κ2) is 6.30. The zero-order chi connectivity index (χ0) is 15.5. The van der Waals surface area contributed by atoms with E-state index in [4.69, 9.17) is 0 Å². The molecule has 1 aliphatic rings. The van der Waals surface area contributed by atoms with Crippen molar-refractivity contribution in [3.8, 4) is 0 Å². The summed E-state index contributed by atoms with van der Waals surface area (Å²) >= 11 is 0. The van der Waals surface area contributed by atoms with Crippen LogP contribution in [0.25, 0.3) is 0 Å². The van der Waals surface area contributed by atoms with Crippen LogP contribution >= 0.6 is 0 Å². The summed E-state index contributed by atoms with van der Waals surface area (Å²) in [5.74, 6) is 0. The van der Waals surface area contributed by atoms with Crippen molar-refractivity contribution >= 4 is 10.0 Å². The molecule has 1 saturated heterocycles. The van der Waals surface area contributed by atoms with Crippen LogP contribution in [-0.4, -0.2) is 37.5 Å². The fraction of sp³-hybridized carbons (Fsp3) is 0.500. The van der Waals surface area contributed by atoms with Gasteiger partial charge in [-0.1, -0.05) is 24.3 Å². The Morgan fingerprint density at radius 1 is 1.43 bits per heavy atom. The molecule has 1 aromatic rings. The summed E-state index contributed by atoms with van der Waals surface area (Å²) in [4.78, 5) is 0.359. The van der Waals surface area contributed by atoms with Crippen molar-refractivity contribution in [3.63, 3.8) is 0 Å². The molecule has 0 amide bonds. The molecule has 0 saturated carbocycles.